The number of benzene rings is 1. The number of carboxylic acids is 1. The predicted molar refractivity (Wildman–Crippen MR) is 72.8 cm³/mol. The summed E-state index contributed by atoms with van der Waals surface area (Å²) >= 11 is 0. The Morgan fingerprint density at radius 2 is 2.11 bits per heavy atom. The Bertz CT molecular complexity index is 596. The lowest BCUT2D eigenvalue weighted by Crippen LogP contribution is -2.19. The maximum atomic E-state index is 10.9. The molecule has 0 aliphatic heterocycles. The molecular formula is C14H16N2O3. The predicted octanol–water partition coefficient (Wildman–Crippen LogP) is 1.87. The van der Waals surface area contributed by atoms with Gasteiger partial charge in [-0.2, -0.15) is 0 Å². The van der Waals surface area contributed by atoms with Gasteiger partial charge in [0.1, 0.15) is 6.61 Å². The van der Waals surface area contributed by atoms with E-state index >= 15 is 0 Å². The molecule has 0 aliphatic rings. The molecule has 0 aliphatic carbocycles. The highest BCUT2D eigenvalue weighted by molar-refractivity contribution is 5.93. The topological polar surface area (TPSA) is 62.7 Å². The van der Waals surface area contributed by atoms with Crippen molar-refractivity contribution in [3.05, 3.63) is 35.9 Å². The maximum Gasteiger partial charge on any atom is 0.335 e. The molecular weight excluding hydrogens is 244 g/mol. The van der Waals surface area contributed by atoms with E-state index in [-0.39, 0.29) is 5.56 Å². The number of likely N-dealkylation sites (N-methyl/N-ethyl adjacent to an activating group) is 1. The van der Waals surface area contributed by atoms with Crippen LogP contribution in [-0.2, 0) is 0 Å². The number of hydrogen-bond donors (Lipinski definition) is 1. The number of aromatic nitrogens is 1. The van der Waals surface area contributed by atoms with Crippen molar-refractivity contribution in [3.8, 4) is 5.88 Å². The lowest BCUT2D eigenvalue weighted by Gasteiger charge is -2.10. The zero-order valence-electron chi connectivity index (χ0n) is 11.0. The molecule has 1 heterocycles. The standard InChI is InChI=1S/C14H16N2O3/c1-16(2)7-8-19-13-6-4-10-9-11(14(17)18)3-5-12(10)15-13/h3-6,9H,7-8H2,1-2H3,(H,17,18). The number of hydrogen-bond acceptors (Lipinski definition) is 4. The van der Waals surface area contributed by atoms with Crippen LogP contribution in [0.2, 0.25) is 0 Å². The van der Waals surface area contributed by atoms with Crippen LogP contribution in [0.5, 0.6) is 5.88 Å². The molecule has 100 valence electrons. The number of pyridine rings is 1. The second-order valence-corrected chi connectivity index (χ2v) is 4.51. The van der Waals surface area contributed by atoms with Gasteiger partial charge in [0.2, 0.25) is 5.88 Å². The normalized spacial score (nSPS) is 10.9. The molecule has 2 rings (SSSR count). The van der Waals surface area contributed by atoms with Crippen molar-refractivity contribution in [2.45, 2.75) is 0 Å². The average molecular weight is 260 g/mol. The first-order chi connectivity index (χ1) is 9.06. The summed E-state index contributed by atoms with van der Waals surface area (Å²) in [5.41, 5.74) is 0.989. The van der Waals surface area contributed by atoms with Crippen molar-refractivity contribution >= 4 is 16.9 Å². The second-order valence-electron chi connectivity index (χ2n) is 4.51. The highest BCUT2D eigenvalue weighted by Gasteiger charge is 2.05. The summed E-state index contributed by atoms with van der Waals surface area (Å²) in [5, 5.41) is 9.71. The summed E-state index contributed by atoms with van der Waals surface area (Å²) in [6.45, 7) is 1.39. The minimum atomic E-state index is -0.937. The van der Waals surface area contributed by atoms with Crippen LogP contribution in [0, 0.1) is 0 Å². The molecule has 0 saturated heterocycles. The first-order valence-electron chi connectivity index (χ1n) is 5.98. The molecule has 1 aromatic heterocycles. The molecule has 0 saturated carbocycles. The summed E-state index contributed by atoms with van der Waals surface area (Å²) in [6.07, 6.45) is 0. The lowest BCUT2D eigenvalue weighted by atomic mass is 10.1. The maximum absolute atomic E-state index is 10.9. The van der Waals surface area contributed by atoms with Crippen molar-refractivity contribution in [1.82, 2.24) is 9.88 Å². The summed E-state index contributed by atoms with van der Waals surface area (Å²) in [4.78, 5) is 17.2. The van der Waals surface area contributed by atoms with Crippen molar-refractivity contribution in [1.29, 1.82) is 0 Å². The molecule has 0 fully saturated rings. The number of aromatic carboxylic acids is 1. The van der Waals surface area contributed by atoms with Gasteiger partial charge in [0, 0.05) is 18.0 Å². The van der Waals surface area contributed by atoms with Crippen LogP contribution in [0.25, 0.3) is 10.9 Å². The minimum Gasteiger partial charge on any atom is -0.478 e. The summed E-state index contributed by atoms with van der Waals surface area (Å²) in [5.74, 6) is -0.384. The second kappa shape index (κ2) is 5.67. The van der Waals surface area contributed by atoms with E-state index in [0.717, 1.165) is 17.4 Å². The van der Waals surface area contributed by atoms with E-state index in [2.05, 4.69) is 4.98 Å². The molecule has 1 aromatic carbocycles. The fourth-order valence-corrected chi connectivity index (χ4v) is 1.65. The summed E-state index contributed by atoms with van der Waals surface area (Å²) < 4.78 is 5.53. The van der Waals surface area contributed by atoms with Crippen LogP contribution in [0.4, 0.5) is 0 Å². The van der Waals surface area contributed by atoms with Crippen molar-refractivity contribution in [3.63, 3.8) is 0 Å². The summed E-state index contributed by atoms with van der Waals surface area (Å²) in [6, 6.07) is 8.41. The highest BCUT2D eigenvalue weighted by Crippen LogP contribution is 2.18. The van der Waals surface area contributed by atoms with Gasteiger partial charge in [0.05, 0.1) is 11.1 Å². The first-order valence-corrected chi connectivity index (χ1v) is 5.98. The molecule has 19 heavy (non-hydrogen) atoms. The number of nitrogens with zero attached hydrogens (tertiary/aromatic N) is 2. The van der Waals surface area contributed by atoms with Gasteiger partial charge in [-0.05, 0) is 38.4 Å². The van der Waals surface area contributed by atoms with E-state index in [0.29, 0.717) is 12.5 Å². The fourth-order valence-electron chi connectivity index (χ4n) is 1.65. The molecule has 0 unspecified atom stereocenters. The Kier molecular flexibility index (Phi) is 3.97. The van der Waals surface area contributed by atoms with Crippen molar-refractivity contribution < 1.29 is 14.6 Å². The van der Waals surface area contributed by atoms with Gasteiger partial charge in [-0.25, -0.2) is 9.78 Å². The Morgan fingerprint density at radius 1 is 1.32 bits per heavy atom. The fraction of sp³-hybridized carbons (Fsp3) is 0.286. The quantitative estimate of drug-likeness (QED) is 0.889. The highest BCUT2D eigenvalue weighted by atomic mass is 16.5. The molecule has 0 atom stereocenters. The molecule has 2 aromatic rings. The van der Waals surface area contributed by atoms with Gasteiger partial charge in [-0.1, -0.05) is 0 Å². The van der Waals surface area contributed by atoms with Gasteiger partial charge in [-0.3, -0.25) is 0 Å². The third-order valence-electron chi connectivity index (χ3n) is 2.70. The summed E-state index contributed by atoms with van der Waals surface area (Å²) in [7, 11) is 3.95. The van der Waals surface area contributed by atoms with Gasteiger partial charge in [-0.15, -0.1) is 0 Å². The van der Waals surface area contributed by atoms with Gasteiger partial charge in [0.15, 0.2) is 0 Å². The van der Waals surface area contributed by atoms with E-state index in [1.54, 1.807) is 24.3 Å². The van der Waals surface area contributed by atoms with Crippen LogP contribution in [0.3, 0.4) is 0 Å². The van der Waals surface area contributed by atoms with Crippen LogP contribution < -0.4 is 4.74 Å². The van der Waals surface area contributed by atoms with Crippen LogP contribution in [0.15, 0.2) is 30.3 Å². The van der Waals surface area contributed by atoms with Crippen LogP contribution in [0.1, 0.15) is 10.4 Å². The number of rotatable bonds is 5. The molecule has 5 heteroatoms. The van der Waals surface area contributed by atoms with E-state index in [1.807, 2.05) is 25.1 Å². The molecule has 0 bridgehead atoms. The van der Waals surface area contributed by atoms with Gasteiger partial charge < -0.3 is 14.7 Å². The van der Waals surface area contributed by atoms with Crippen LogP contribution in [-0.4, -0.2) is 48.2 Å². The first kappa shape index (κ1) is 13.3. The van der Waals surface area contributed by atoms with Gasteiger partial charge in [0.25, 0.3) is 0 Å². The van der Waals surface area contributed by atoms with E-state index < -0.39 is 5.97 Å². The zero-order valence-corrected chi connectivity index (χ0v) is 11.0. The SMILES string of the molecule is CN(C)CCOc1ccc2cc(C(=O)O)ccc2n1. The molecule has 0 amide bonds. The monoisotopic (exact) mass is 260 g/mol. The molecule has 1 N–H and O–H groups in total. The van der Waals surface area contributed by atoms with Gasteiger partial charge >= 0.3 is 5.97 Å². The Labute approximate surface area is 111 Å². The molecule has 0 radical (unpaired) electrons. The van der Waals surface area contributed by atoms with Crippen molar-refractivity contribution in [2.24, 2.45) is 0 Å². The lowest BCUT2D eigenvalue weighted by molar-refractivity contribution is 0.0697. The van der Waals surface area contributed by atoms with Crippen LogP contribution >= 0.6 is 0 Å². The smallest absolute Gasteiger partial charge is 0.335 e. The third-order valence-corrected chi connectivity index (χ3v) is 2.70. The Hall–Kier alpha value is -2.14. The average Bonchev–Trinajstić information content (AvgIpc) is 2.37. The van der Waals surface area contributed by atoms with E-state index in [4.69, 9.17) is 9.84 Å². The Balaban J connectivity index is 2.17. The van der Waals surface area contributed by atoms with E-state index in [9.17, 15) is 4.79 Å². The number of carbonyl (C=O) groups is 1. The molecule has 5 nitrogen and oxygen atoms in total. The number of carboxylic acid groups (broad SMARTS) is 1. The van der Waals surface area contributed by atoms with Crippen molar-refractivity contribution in [2.75, 3.05) is 27.2 Å². The third kappa shape index (κ3) is 3.42. The largest absolute Gasteiger partial charge is 0.478 e. The number of fused-ring (bicyclic) bond motifs is 1. The van der Waals surface area contributed by atoms with E-state index in [1.165, 1.54) is 0 Å². The number of ether oxygens (including phenoxy) is 1. The zero-order chi connectivity index (χ0) is 13.8. The minimum absolute atomic E-state index is 0.260. The Morgan fingerprint density at radius 3 is 2.79 bits per heavy atom. The molecule has 0 spiro atoms.